The predicted molar refractivity (Wildman–Crippen MR) is 110 cm³/mol. The fourth-order valence-electron chi connectivity index (χ4n) is 6.30. The second kappa shape index (κ2) is 7.28. The number of rotatable bonds is 4. The van der Waals surface area contributed by atoms with E-state index in [1.165, 1.54) is 12.3 Å². The van der Waals surface area contributed by atoms with Crippen molar-refractivity contribution >= 4 is 12.0 Å². The summed E-state index contributed by atoms with van der Waals surface area (Å²) in [5.41, 5.74) is -0.00656. The highest BCUT2D eigenvalue weighted by molar-refractivity contribution is 5.92. The monoisotopic (exact) mass is 424 g/mol. The fourth-order valence-corrected chi connectivity index (χ4v) is 6.30. The van der Waals surface area contributed by atoms with Crippen molar-refractivity contribution in [3.8, 4) is 5.88 Å². The summed E-state index contributed by atoms with van der Waals surface area (Å²) >= 11 is 0. The smallest absolute Gasteiger partial charge is 0.391 e. The highest BCUT2D eigenvalue weighted by atomic mass is 19.1. The Morgan fingerprint density at radius 2 is 1.81 bits per heavy atom. The van der Waals surface area contributed by atoms with Gasteiger partial charge in [-0.25, -0.2) is 14.2 Å². The number of halogens is 1. The molecule has 4 bridgehead atoms. The number of carbonyl (C=O) groups excluding carboxylic acids is 2. The van der Waals surface area contributed by atoms with E-state index in [0.29, 0.717) is 18.3 Å². The highest BCUT2D eigenvalue weighted by Crippen LogP contribution is 2.57. The maximum atomic E-state index is 13.5. The fraction of sp³-hybridized carbons (Fsp3) is 0.478. The number of ether oxygens (including phenoxy) is 1. The Labute approximate surface area is 179 Å². The summed E-state index contributed by atoms with van der Waals surface area (Å²) in [6.07, 6.45) is 5.98. The minimum Gasteiger partial charge on any atom is -0.391 e. The van der Waals surface area contributed by atoms with Crippen LogP contribution in [-0.4, -0.2) is 33.0 Å². The van der Waals surface area contributed by atoms with Gasteiger partial charge in [-0.15, -0.1) is 0 Å². The minimum atomic E-state index is -0.520. The van der Waals surface area contributed by atoms with Crippen molar-refractivity contribution in [1.29, 1.82) is 0 Å². The lowest BCUT2D eigenvalue weighted by Crippen LogP contribution is -2.70. The molecule has 2 unspecified atom stereocenters. The Bertz CT molecular complexity index is 1030. The molecule has 4 aliphatic carbocycles. The zero-order chi connectivity index (χ0) is 21.6. The van der Waals surface area contributed by atoms with Gasteiger partial charge in [-0.05, 0) is 69.4 Å². The summed E-state index contributed by atoms with van der Waals surface area (Å²) in [5, 5.41) is 6.26. The van der Waals surface area contributed by atoms with Crippen LogP contribution in [0.1, 0.15) is 54.7 Å². The average molecular weight is 424 g/mol. The van der Waals surface area contributed by atoms with Gasteiger partial charge >= 0.3 is 6.09 Å². The average Bonchev–Trinajstić information content (AvgIpc) is 2.66. The number of nitrogens with zero attached hydrogens (tertiary/aromatic N) is 2. The molecule has 7 nitrogen and oxygen atoms in total. The number of aromatic nitrogens is 2. The van der Waals surface area contributed by atoms with E-state index in [2.05, 4.69) is 20.6 Å². The van der Waals surface area contributed by atoms with Gasteiger partial charge in [0.25, 0.3) is 5.91 Å². The van der Waals surface area contributed by atoms with Crippen molar-refractivity contribution in [1.82, 2.24) is 20.6 Å². The van der Waals surface area contributed by atoms with Gasteiger partial charge in [-0.3, -0.25) is 9.78 Å². The molecular weight excluding hydrogens is 399 g/mol. The minimum absolute atomic E-state index is 0.0719. The van der Waals surface area contributed by atoms with Gasteiger partial charge in [-0.2, -0.15) is 0 Å². The van der Waals surface area contributed by atoms with Gasteiger partial charge in [-0.1, -0.05) is 6.07 Å². The van der Waals surface area contributed by atoms with Crippen molar-refractivity contribution in [2.75, 3.05) is 0 Å². The SMILES string of the molecule is Cc1cccc(OC(=O)NC23CC4CC(C2)CC(NC(=O)c2cc(F)ccn2)(C4)C3)n1. The van der Waals surface area contributed by atoms with Gasteiger partial charge in [0.1, 0.15) is 11.5 Å². The Balaban J connectivity index is 1.32. The van der Waals surface area contributed by atoms with Crippen LogP contribution in [0.25, 0.3) is 0 Å². The molecule has 2 amide bonds. The molecule has 31 heavy (non-hydrogen) atoms. The molecule has 4 aliphatic rings. The van der Waals surface area contributed by atoms with Crippen LogP contribution in [0.2, 0.25) is 0 Å². The molecule has 2 heterocycles. The number of hydrogen-bond donors (Lipinski definition) is 2. The molecule has 8 heteroatoms. The Kier molecular flexibility index (Phi) is 4.68. The number of carbonyl (C=O) groups is 2. The lowest BCUT2D eigenvalue weighted by Gasteiger charge is -2.61. The molecule has 2 aromatic rings. The normalized spacial score (nSPS) is 30.6. The third kappa shape index (κ3) is 3.98. The summed E-state index contributed by atoms with van der Waals surface area (Å²) < 4.78 is 19.0. The summed E-state index contributed by atoms with van der Waals surface area (Å²) in [7, 11) is 0. The van der Waals surface area contributed by atoms with E-state index in [1.54, 1.807) is 12.1 Å². The number of aryl methyl sites for hydroxylation is 1. The van der Waals surface area contributed by atoms with Gasteiger partial charge in [0.15, 0.2) is 0 Å². The Morgan fingerprint density at radius 3 is 2.48 bits per heavy atom. The van der Waals surface area contributed by atoms with Gasteiger partial charge < -0.3 is 15.4 Å². The van der Waals surface area contributed by atoms with E-state index >= 15 is 0 Å². The summed E-state index contributed by atoms with van der Waals surface area (Å²) in [6, 6.07) is 7.65. The maximum absolute atomic E-state index is 13.5. The highest BCUT2D eigenvalue weighted by Gasteiger charge is 2.59. The van der Waals surface area contributed by atoms with Crippen LogP contribution in [0.5, 0.6) is 5.88 Å². The third-order valence-electron chi connectivity index (χ3n) is 6.82. The Hall–Kier alpha value is -3.03. The molecule has 0 aliphatic heterocycles. The summed E-state index contributed by atoms with van der Waals surface area (Å²) in [4.78, 5) is 33.7. The first kappa shape index (κ1) is 19.9. The van der Waals surface area contributed by atoms with Crippen LogP contribution in [0.4, 0.5) is 9.18 Å². The molecule has 162 valence electrons. The third-order valence-corrected chi connectivity index (χ3v) is 6.82. The maximum Gasteiger partial charge on any atom is 0.414 e. The number of nitrogens with one attached hydrogen (secondary N) is 2. The lowest BCUT2D eigenvalue weighted by atomic mass is 9.50. The van der Waals surface area contributed by atoms with E-state index in [1.807, 2.05) is 13.0 Å². The molecule has 4 fully saturated rings. The van der Waals surface area contributed by atoms with Crippen LogP contribution in [0.3, 0.4) is 0 Å². The standard InChI is InChI=1S/C23H25FN4O3/c1-14-3-2-4-19(26-14)31-21(30)28-23-11-15-7-16(12-23)10-22(9-15,13-23)27-20(29)18-8-17(24)5-6-25-18/h2-6,8,15-16H,7,9-13H2,1H3,(H,27,29)(H,28,30). The summed E-state index contributed by atoms with van der Waals surface area (Å²) in [6.45, 7) is 1.84. The lowest BCUT2D eigenvalue weighted by molar-refractivity contribution is -0.0450. The van der Waals surface area contributed by atoms with Crippen LogP contribution < -0.4 is 15.4 Å². The van der Waals surface area contributed by atoms with Gasteiger partial charge in [0.2, 0.25) is 5.88 Å². The molecule has 2 atom stereocenters. The molecule has 2 aromatic heterocycles. The first-order valence-electron chi connectivity index (χ1n) is 10.7. The number of amides is 2. The van der Waals surface area contributed by atoms with Crippen LogP contribution in [-0.2, 0) is 0 Å². The van der Waals surface area contributed by atoms with Crippen LogP contribution in [0.15, 0.2) is 36.5 Å². The largest absolute Gasteiger partial charge is 0.414 e. The topological polar surface area (TPSA) is 93.2 Å². The van der Waals surface area contributed by atoms with E-state index < -0.39 is 23.0 Å². The quantitative estimate of drug-likeness (QED) is 0.783. The van der Waals surface area contributed by atoms with Crippen LogP contribution in [0, 0.1) is 24.6 Å². The van der Waals surface area contributed by atoms with Gasteiger partial charge in [0.05, 0.1) is 0 Å². The molecule has 0 aromatic carbocycles. The van der Waals surface area contributed by atoms with E-state index in [9.17, 15) is 14.0 Å². The van der Waals surface area contributed by atoms with Crippen LogP contribution >= 0.6 is 0 Å². The summed E-state index contributed by atoms with van der Waals surface area (Å²) in [5.74, 6) is 0.237. The van der Waals surface area contributed by atoms with Crippen molar-refractivity contribution in [3.05, 3.63) is 53.7 Å². The first-order valence-corrected chi connectivity index (χ1v) is 10.7. The van der Waals surface area contributed by atoms with E-state index in [-0.39, 0.29) is 17.5 Å². The van der Waals surface area contributed by atoms with E-state index in [0.717, 1.165) is 43.9 Å². The molecular formula is C23H25FN4O3. The second-order valence-electron chi connectivity index (χ2n) is 9.47. The number of pyridine rings is 2. The zero-order valence-electron chi connectivity index (χ0n) is 17.4. The molecule has 4 saturated carbocycles. The van der Waals surface area contributed by atoms with Crippen molar-refractivity contribution in [2.24, 2.45) is 11.8 Å². The predicted octanol–water partition coefficient (Wildman–Crippen LogP) is 3.53. The molecule has 0 spiro atoms. The molecule has 0 radical (unpaired) electrons. The van der Waals surface area contributed by atoms with E-state index in [4.69, 9.17) is 4.74 Å². The zero-order valence-corrected chi connectivity index (χ0v) is 17.4. The van der Waals surface area contributed by atoms with Crippen molar-refractivity contribution in [3.63, 3.8) is 0 Å². The van der Waals surface area contributed by atoms with Crippen molar-refractivity contribution in [2.45, 2.75) is 56.5 Å². The molecule has 0 saturated heterocycles. The van der Waals surface area contributed by atoms with Gasteiger partial charge in [0, 0.05) is 35.1 Å². The molecule has 2 N–H and O–H groups in total. The first-order chi connectivity index (χ1) is 14.8. The van der Waals surface area contributed by atoms with Crippen molar-refractivity contribution < 1.29 is 18.7 Å². The second-order valence-corrected chi connectivity index (χ2v) is 9.47. The number of hydrogen-bond acceptors (Lipinski definition) is 5. The molecule has 6 rings (SSSR count). The Morgan fingerprint density at radius 1 is 1.10 bits per heavy atom.